The first-order valence-electron chi connectivity index (χ1n) is 6.10. The van der Waals surface area contributed by atoms with E-state index in [1.54, 1.807) is 6.07 Å². The molecule has 2 heterocycles. The van der Waals surface area contributed by atoms with Crippen LogP contribution in [0, 0.1) is 0 Å². The maximum absolute atomic E-state index is 11.2. The van der Waals surface area contributed by atoms with Gasteiger partial charge in [-0.05, 0) is 32.5 Å². The van der Waals surface area contributed by atoms with Crippen LogP contribution in [-0.4, -0.2) is 43.9 Å². The van der Waals surface area contributed by atoms with Crippen LogP contribution in [-0.2, 0) is 0 Å². The van der Waals surface area contributed by atoms with Crippen molar-refractivity contribution in [3.05, 3.63) is 17.9 Å². The number of hydrogen-bond acceptors (Lipinski definition) is 4. The molecule has 4 heteroatoms. The van der Waals surface area contributed by atoms with E-state index in [0.29, 0.717) is 11.8 Å². The minimum atomic E-state index is -0.0228. The number of piperidine rings is 1. The summed E-state index contributed by atoms with van der Waals surface area (Å²) in [6.07, 6.45) is 2.39. The van der Waals surface area contributed by atoms with Crippen LogP contribution in [0.2, 0.25) is 0 Å². The standard InChI is InChI=1S/C13H20N2O2/c1-10(16)12-6-7-13(17-12)15(3)11-5-4-8-14(2)9-11/h6-7,11H,4-5,8-9H2,1-3H3. The second kappa shape index (κ2) is 4.92. The number of nitrogens with zero attached hydrogens (tertiary/aromatic N) is 2. The molecule has 0 N–H and O–H groups in total. The van der Waals surface area contributed by atoms with Gasteiger partial charge >= 0.3 is 0 Å². The molecule has 1 unspecified atom stereocenters. The van der Waals surface area contributed by atoms with Gasteiger partial charge in [-0.15, -0.1) is 0 Å². The minimum Gasteiger partial charge on any atom is -0.437 e. The summed E-state index contributed by atoms with van der Waals surface area (Å²) in [6.45, 7) is 3.74. The number of carbonyl (C=O) groups is 1. The van der Waals surface area contributed by atoms with E-state index in [1.807, 2.05) is 13.1 Å². The van der Waals surface area contributed by atoms with Crippen molar-refractivity contribution in [3.63, 3.8) is 0 Å². The van der Waals surface area contributed by atoms with Crippen molar-refractivity contribution in [1.82, 2.24) is 4.90 Å². The lowest BCUT2D eigenvalue weighted by atomic mass is 10.1. The molecular formula is C13H20N2O2. The van der Waals surface area contributed by atoms with Crippen LogP contribution in [0.15, 0.2) is 16.5 Å². The lowest BCUT2D eigenvalue weighted by Gasteiger charge is -2.35. The minimum absolute atomic E-state index is 0.0228. The van der Waals surface area contributed by atoms with Crippen LogP contribution in [0.25, 0.3) is 0 Å². The Hall–Kier alpha value is -1.29. The highest BCUT2D eigenvalue weighted by Gasteiger charge is 2.23. The molecule has 0 bridgehead atoms. The predicted octanol–water partition coefficient (Wildman–Crippen LogP) is 2.01. The first-order valence-corrected chi connectivity index (χ1v) is 6.10. The fourth-order valence-electron chi connectivity index (χ4n) is 2.34. The summed E-state index contributed by atoms with van der Waals surface area (Å²) in [4.78, 5) is 15.7. The van der Waals surface area contributed by atoms with E-state index in [4.69, 9.17) is 4.42 Å². The van der Waals surface area contributed by atoms with Crippen molar-refractivity contribution in [2.45, 2.75) is 25.8 Å². The highest BCUT2D eigenvalue weighted by molar-refractivity contribution is 5.91. The number of rotatable bonds is 3. The average Bonchev–Trinajstić information content (AvgIpc) is 2.77. The second-order valence-corrected chi connectivity index (χ2v) is 4.86. The lowest BCUT2D eigenvalue weighted by molar-refractivity contribution is 0.0987. The molecule has 0 amide bonds. The Labute approximate surface area is 102 Å². The molecule has 2 rings (SSSR count). The number of anilines is 1. The molecule has 94 valence electrons. The largest absolute Gasteiger partial charge is 0.437 e. The molecule has 0 aromatic carbocycles. The molecule has 0 saturated carbocycles. The van der Waals surface area contributed by atoms with E-state index < -0.39 is 0 Å². The van der Waals surface area contributed by atoms with Gasteiger partial charge < -0.3 is 14.2 Å². The Kier molecular flexibility index (Phi) is 3.52. The zero-order valence-electron chi connectivity index (χ0n) is 10.8. The molecule has 17 heavy (non-hydrogen) atoms. The highest BCUT2D eigenvalue weighted by Crippen LogP contribution is 2.23. The number of ketones is 1. The second-order valence-electron chi connectivity index (χ2n) is 4.86. The summed E-state index contributed by atoms with van der Waals surface area (Å²) in [5.41, 5.74) is 0. The molecule has 4 nitrogen and oxygen atoms in total. The van der Waals surface area contributed by atoms with Crippen molar-refractivity contribution >= 4 is 11.7 Å². The molecule has 1 aliphatic rings. The monoisotopic (exact) mass is 236 g/mol. The number of carbonyl (C=O) groups excluding carboxylic acids is 1. The third kappa shape index (κ3) is 2.69. The molecule has 1 aliphatic heterocycles. The number of likely N-dealkylation sites (tertiary alicyclic amines) is 1. The highest BCUT2D eigenvalue weighted by atomic mass is 16.4. The summed E-state index contributed by atoms with van der Waals surface area (Å²) in [7, 11) is 4.18. The van der Waals surface area contributed by atoms with Crippen molar-refractivity contribution in [2.24, 2.45) is 0 Å². The van der Waals surface area contributed by atoms with E-state index in [0.717, 1.165) is 12.4 Å². The van der Waals surface area contributed by atoms with Gasteiger partial charge in [-0.3, -0.25) is 4.79 Å². The van der Waals surface area contributed by atoms with Gasteiger partial charge in [-0.1, -0.05) is 0 Å². The van der Waals surface area contributed by atoms with Crippen LogP contribution in [0.4, 0.5) is 5.88 Å². The SMILES string of the molecule is CC(=O)c1ccc(N(C)C2CCCN(C)C2)o1. The van der Waals surface area contributed by atoms with E-state index in [2.05, 4.69) is 16.8 Å². The van der Waals surface area contributed by atoms with Gasteiger partial charge in [0, 0.05) is 32.6 Å². The quantitative estimate of drug-likeness (QED) is 0.752. The Morgan fingerprint density at radius 1 is 1.53 bits per heavy atom. The Balaban J connectivity index is 2.07. The zero-order valence-corrected chi connectivity index (χ0v) is 10.8. The number of hydrogen-bond donors (Lipinski definition) is 0. The average molecular weight is 236 g/mol. The summed E-state index contributed by atoms with van der Waals surface area (Å²) in [5.74, 6) is 1.21. The van der Waals surface area contributed by atoms with Crippen LogP contribution >= 0.6 is 0 Å². The first-order chi connectivity index (χ1) is 8.08. The molecule has 0 spiro atoms. The summed E-state index contributed by atoms with van der Waals surface area (Å²) < 4.78 is 5.55. The number of Topliss-reactive ketones (excluding diaryl/α,β-unsaturated/α-hetero) is 1. The van der Waals surface area contributed by atoms with Gasteiger partial charge in [0.2, 0.25) is 0 Å². The number of furan rings is 1. The van der Waals surface area contributed by atoms with Crippen molar-refractivity contribution in [1.29, 1.82) is 0 Å². The molecule has 1 atom stereocenters. The van der Waals surface area contributed by atoms with Crippen molar-refractivity contribution < 1.29 is 9.21 Å². The Morgan fingerprint density at radius 2 is 2.29 bits per heavy atom. The summed E-state index contributed by atoms with van der Waals surface area (Å²) in [5, 5.41) is 0. The third-order valence-corrected chi connectivity index (χ3v) is 3.43. The predicted molar refractivity (Wildman–Crippen MR) is 67.6 cm³/mol. The fraction of sp³-hybridized carbons (Fsp3) is 0.615. The Morgan fingerprint density at radius 3 is 2.88 bits per heavy atom. The van der Waals surface area contributed by atoms with Crippen LogP contribution in [0.1, 0.15) is 30.3 Å². The normalized spacial score (nSPS) is 21.5. The Bertz CT molecular complexity index is 400. The topological polar surface area (TPSA) is 36.7 Å². The zero-order chi connectivity index (χ0) is 12.4. The summed E-state index contributed by atoms with van der Waals surface area (Å²) >= 11 is 0. The molecular weight excluding hydrogens is 216 g/mol. The molecule has 1 fully saturated rings. The van der Waals surface area contributed by atoms with Gasteiger partial charge in [-0.2, -0.15) is 0 Å². The lowest BCUT2D eigenvalue weighted by Crippen LogP contribution is -2.44. The molecule has 1 aromatic heterocycles. The maximum Gasteiger partial charge on any atom is 0.196 e. The van der Waals surface area contributed by atoms with E-state index in [9.17, 15) is 4.79 Å². The van der Waals surface area contributed by atoms with E-state index in [1.165, 1.54) is 26.3 Å². The van der Waals surface area contributed by atoms with Gasteiger partial charge in [-0.25, -0.2) is 0 Å². The molecule has 1 saturated heterocycles. The molecule has 0 aliphatic carbocycles. The van der Waals surface area contributed by atoms with E-state index in [-0.39, 0.29) is 5.78 Å². The third-order valence-electron chi connectivity index (χ3n) is 3.43. The molecule has 0 radical (unpaired) electrons. The van der Waals surface area contributed by atoms with E-state index >= 15 is 0 Å². The van der Waals surface area contributed by atoms with Crippen LogP contribution in [0.3, 0.4) is 0 Å². The van der Waals surface area contributed by atoms with Gasteiger partial charge in [0.1, 0.15) is 0 Å². The van der Waals surface area contributed by atoms with Crippen LogP contribution < -0.4 is 4.90 Å². The van der Waals surface area contributed by atoms with Crippen molar-refractivity contribution in [3.8, 4) is 0 Å². The molecule has 1 aromatic rings. The summed E-state index contributed by atoms with van der Waals surface area (Å²) in [6, 6.07) is 4.10. The number of likely N-dealkylation sites (N-methyl/N-ethyl adjacent to an activating group) is 2. The smallest absolute Gasteiger partial charge is 0.196 e. The van der Waals surface area contributed by atoms with Gasteiger partial charge in [0.15, 0.2) is 17.4 Å². The first kappa shape index (κ1) is 12.2. The van der Waals surface area contributed by atoms with Crippen molar-refractivity contribution in [2.75, 3.05) is 32.1 Å². The van der Waals surface area contributed by atoms with Crippen LogP contribution in [0.5, 0.6) is 0 Å². The van der Waals surface area contributed by atoms with Gasteiger partial charge in [0.25, 0.3) is 0 Å². The maximum atomic E-state index is 11.2. The van der Waals surface area contributed by atoms with Gasteiger partial charge in [0.05, 0.1) is 0 Å². The fourth-order valence-corrected chi connectivity index (χ4v) is 2.34.